The largest absolute Gasteiger partial charge is 0.460 e. The van der Waals surface area contributed by atoms with Gasteiger partial charge in [0, 0.05) is 0 Å². The maximum absolute atomic E-state index is 13.7. The van der Waals surface area contributed by atoms with Crippen LogP contribution in [0.2, 0.25) is 0 Å². The molecule has 0 saturated carbocycles. The van der Waals surface area contributed by atoms with Crippen LogP contribution in [0.1, 0.15) is 0 Å². The van der Waals surface area contributed by atoms with Crippen molar-refractivity contribution < 1.29 is 79.0 Å². The molecule has 0 unspecified atom stereocenters. The summed E-state index contributed by atoms with van der Waals surface area (Å²) in [6.07, 6.45) is -17.2. The van der Waals surface area contributed by atoms with E-state index in [1.807, 2.05) is 0 Å². The predicted molar refractivity (Wildman–Crippen MR) is 109 cm³/mol. The highest BCUT2D eigenvalue weighted by molar-refractivity contribution is 5.11. The fourth-order valence-corrected chi connectivity index (χ4v) is 2.88. The highest BCUT2D eigenvalue weighted by Gasteiger charge is 2.82. The van der Waals surface area contributed by atoms with Gasteiger partial charge in [0.1, 0.15) is 0 Å². The van der Waals surface area contributed by atoms with Gasteiger partial charge in [0.25, 0.3) is 0 Å². The lowest BCUT2D eigenvalue weighted by Crippen LogP contribution is -2.60. The van der Waals surface area contributed by atoms with Crippen molar-refractivity contribution in [2.45, 2.75) is 67.5 Å². The Labute approximate surface area is 229 Å². The smallest absolute Gasteiger partial charge is 0.247 e. The lowest BCUT2D eigenvalue weighted by molar-refractivity contribution is -0.388. The third kappa shape index (κ3) is 6.42. The van der Waals surface area contributed by atoms with E-state index in [-0.39, 0.29) is 4.57 Å². The molecule has 6 nitrogen and oxygen atoms in total. The molecule has 0 aliphatic carbocycles. The third-order valence-electron chi connectivity index (χ3n) is 5.27. The van der Waals surface area contributed by atoms with Crippen LogP contribution in [0, 0.1) is 0 Å². The number of alkyl halides is 18. The highest BCUT2D eigenvalue weighted by atomic mass is 19.4. The summed E-state index contributed by atoms with van der Waals surface area (Å²) < 4.78 is 232. The number of allylic oxidation sites excluding steroid dienone is 5. The van der Waals surface area contributed by atoms with E-state index in [0.717, 1.165) is 0 Å². The second-order valence-corrected chi connectivity index (χ2v) is 8.31. The first kappa shape index (κ1) is 38.4. The molecule has 24 heteroatoms. The number of hydrogen-bond acceptors (Lipinski definition) is 3. The first-order chi connectivity index (χ1) is 19.4. The minimum atomic E-state index is -7.33. The van der Waals surface area contributed by atoms with Crippen LogP contribution in [0.25, 0.3) is 0 Å². The second-order valence-electron chi connectivity index (χ2n) is 8.31. The van der Waals surface area contributed by atoms with Crippen LogP contribution in [0.3, 0.4) is 0 Å². The molecule has 0 fully saturated rings. The van der Waals surface area contributed by atoms with Gasteiger partial charge in [-0.25, -0.2) is 28.1 Å². The van der Waals surface area contributed by atoms with Gasteiger partial charge in [0.05, 0.1) is 19.6 Å². The molecule has 1 rings (SSSR count). The molecule has 1 aromatic heterocycles. The topological polar surface area (TPSA) is 66.0 Å². The van der Waals surface area contributed by atoms with Crippen LogP contribution in [0.5, 0.6) is 0 Å². The Kier molecular flexibility index (Phi) is 10.2. The van der Waals surface area contributed by atoms with Gasteiger partial charge in [-0.15, -0.1) is 6.58 Å². The molecule has 0 radical (unpaired) electrons. The van der Waals surface area contributed by atoms with Crippen LogP contribution in [-0.2, 0) is 19.6 Å². The maximum Gasteiger partial charge on any atom is 0.460 e. The highest BCUT2D eigenvalue weighted by Crippen LogP contribution is 2.54. The Morgan fingerprint density at radius 3 is 0.932 bits per heavy atom. The van der Waals surface area contributed by atoms with E-state index in [1.54, 1.807) is 0 Å². The molecule has 0 atom stereocenters. The zero-order chi connectivity index (χ0) is 35.1. The van der Waals surface area contributed by atoms with E-state index in [0.29, 0.717) is 6.08 Å². The third-order valence-corrected chi connectivity index (χ3v) is 5.27. The van der Waals surface area contributed by atoms with Crippen molar-refractivity contribution in [2.24, 2.45) is 0 Å². The fourth-order valence-electron chi connectivity index (χ4n) is 2.88. The molecule has 0 amide bonds. The van der Waals surface area contributed by atoms with Crippen LogP contribution in [0.15, 0.2) is 51.3 Å². The number of rotatable bonds is 12. The monoisotopic (exact) mass is 685 g/mol. The lowest BCUT2D eigenvalue weighted by Gasteiger charge is -2.32. The SMILES string of the molecule is C=CCn1c(=O)n(C/C=C/C(F)(F)C(F)(F)C(F)(F)C(F)(F)F)c(=O)n(C/C=C/C(F)(F)C(F)(F)C(F)(F)C(F)(F)F)c1=O. The number of aromatic nitrogens is 3. The van der Waals surface area contributed by atoms with Crippen molar-refractivity contribution in [1.82, 2.24) is 13.7 Å². The molecule has 0 bridgehead atoms. The Bertz CT molecular complexity index is 1360. The Hall–Kier alpha value is -3.63. The minimum Gasteiger partial charge on any atom is -0.247 e. The van der Waals surface area contributed by atoms with Gasteiger partial charge in [0.15, 0.2) is 0 Å². The Morgan fingerprint density at radius 2 is 0.705 bits per heavy atom. The van der Waals surface area contributed by atoms with E-state index in [4.69, 9.17) is 0 Å². The summed E-state index contributed by atoms with van der Waals surface area (Å²) in [7, 11) is 0. The molecule has 1 aromatic rings. The Morgan fingerprint density at radius 1 is 0.455 bits per heavy atom. The molecule has 0 saturated heterocycles. The normalized spacial score (nSPS) is 15.0. The summed E-state index contributed by atoms with van der Waals surface area (Å²) >= 11 is 0. The van der Waals surface area contributed by atoms with Gasteiger partial charge >= 0.3 is 65.0 Å². The van der Waals surface area contributed by atoms with Crippen LogP contribution >= 0.6 is 0 Å². The molecule has 44 heavy (non-hydrogen) atoms. The van der Waals surface area contributed by atoms with Crippen molar-refractivity contribution in [3.63, 3.8) is 0 Å². The quantitative estimate of drug-likeness (QED) is 0.219. The van der Waals surface area contributed by atoms with Crippen LogP contribution in [-0.4, -0.2) is 61.6 Å². The van der Waals surface area contributed by atoms with E-state index >= 15 is 0 Å². The van der Waals surface area contributed by atoms with E-state index in [1.165, 1.54) is 0 Å². The van der Waals surface area contributed by atoms with E-state index in [9.17, 15) is 93.4 Å². The van der Waals surface area contributed by atoms with Gasteiger partial charge in [-0.05, 0) is 12.2 Å². The van der Waals surface area contributed by atoms with E-state index in [2.05, 4.69) is 6.58 Å². The lowest BCUT2D eigenvalue weighted by atomic mass is 10.0. The molecular formula is C20H13F18N3O3. The van der Waals surface area contributed by atoms with Crippen LogP contribution < -0.4 is 17.1 Å². The Balaban J connectivity index is 3.62. The zero-order valence-electron chi connectivity index (χ0n) is 20.6. The summed E-state index contributed by atoms with van der Waals surface area (Å²) in [4.78, 5) is 37.2. The fraction of sp³-hybridized carbons (Fsp3) is 0.550. The van der Waals surface area contributed by atoms with Crippen molar-refractivity contribution in [2.75, 3.05) is 0 Å². The first-order valence-corrected chi connectivity index (χ1v) is 10.7. The van der Waals surface area contributed by atoms with Gasteiger partial charge in [0.2, 0.25) is 0 Å². The van der Waals surface area contributed by atoms with Gasteiger partial charge in [-0.3, -0.25) is 0 Å². The van der Waals surface area contributed by atoms with Crippen molar-refractivity contribution in [3.05, 3.63) is 68.4 Å². The molecule has 0 aliphatic heterocycles. The van der Waals surface area contributed by atoms with E-state index < -0.39 is 118 Å². The average Bonchev–Trinajstić information content (AvgIpc) is 2.84. The number of nitrogens with zero attached hydrogens (tertiary/aromatic N) is 3. The molecule has 0 aromatic carbocycles. The predicted octanol–water partition coefficient (Wildman–Crippen LogP) is 5.41. The molecular weight excluding hydrogens is 672 g/mol. The summed E-state index contributed by atoms with van der Waals surface area (Å²) in [6.45, 7) is -1.43. The molecule has 252 valence electrons. The number of halogens is 18. The summed E-state index contributed by atoms with van der Waals surface area (Å²) in [5.41, 5.74) is -5.87. The molecule has 0 N–H and O–H groups in total. The maximum atomic E-state index is 13.7. The van der Waals surface area contributed by atoms with Crippen molar-refractivity contribution >= 4 is 0 Å². The van der Waals surface area contributed by atoms with Crippen molar-refractivity contribution in [3.8, 4) is 0 Å². The van der Waals surface area contributed by atoms with Crippen molar-refractivity contribution in [1.29, 1.82) is 0 Å². The van der Waals surface area contributed by atoms with Gasteiger partial charge in [-0.2, -0.15) is 79.0 Å². The summed E-state index contributed by atoms with van der Waals surface area (Å²) in [5.74, 6) is -41.7. The standard InChI is InChI=1S/C20H13F18N3O3/c1-2-7-39-10(42)40(8-3-5-13(21,22)15(25,26)17(29,30)19(33,34)35)12(44)41(11(39)43)9-4-6-14(23,24)16(27,28)18(31,32)20(36,37)38/h2-6H,1,7-9H2/b5-3+,6-4+. The van der Waals surface area contributed by atoms with Gasteiger partial charge < -0.3 is 0 Å². The summed E-state index contributed by atoms with van der Waals surface area (Å²) in [6, 6.07) is 0. The first-order valence-electron chi connectivity index (χ1n) is 10.7. The molecule has 0 spiro atoms. The van der Waals surface area contributed by atoms with Crippen LogP contribution in [0.4, 0.5) is 79.0 Å². The van der Waals surface area contributed by atoms with Gasteiger partial charge in [-0.1, -0.05) is 18.2 Å². The second kappa shape index (κ2) is 11.7. The average molecular weight is 685 g/mol. The molecule has 0 aliphatic rings. The zero-order valence-corrected chi connectivity index (χ0v) is 20.6. The molecule has 1 heterocycles. The minimum absolute atomic E-state index is 0.120. The number of hydrogen-bond donors (Lipinski definition) is 0. The summed E-state index contributed by atoms with van der Waals surface area (Å²) in [5, 5.41) is 0.